The summed E-state index contributed by atoms with van der Waals surface area (Å²) in [6.07, 6.45) is 0.838. The fourth-order valence-corrected chi connectivity index (χ4v) is 3.03. The van der Waals surface area contributed by atoms with Gasteiger partial charge in [0.25, 0.3) is 0 Å². The van der Waals surface area contributed by atoms with Crippen molar-refractivity contribution in [2.45, 2.75) is 17.2 Å². The Bertz CT molecular complexity index is 786. The zero-order chi connectivity index (χ0) is 15.7. The number of primary sulfonamides is 1. The first kappa shape index (κ1) is 14.7. The zero-order valence-electron chi connectivity index (χ0n) is 11.8. The molecule has 3 N–H and O–H groups in total. The number of carbonyl (C=O) groups is 1. The summed E-state index contributed by atoms with van der Waals surface area (Å²) in [6, 6.07) is 15.8. The van der Waals surface area contributed by atoms with E-state index in [1.54, 1.807) is 0 Å². The number of nitrogens with one attached hydrogen (secondary N) is 1. The van der Waals surface area contributed by atoms with Crippen molar-refractivity contribution in [1.29, 1.82) is 0 Å². The van der Waals surface area contributed by atoms with Gasteiger partial charge in [-0.1, -0.05) is 30.3 Å². The Morgan fingerprint density at radius 2 is 1.68 bits per heavy atom. The molecule has 2 aromatic carbocycles. The predicted octanol–water partition coefficient (Wildman–Crippen LogP) is 2.08. The van der Waals surface area contributed by atoms with Crippen LogP contribution in [-0.2, 0) is 14.8 Å². The Morgan fingerprint density at radius 3 is 2.27 bits per heavy atom. The lowest BCUT2D eigenvalue weighted by molar-refractivity contribution is -0.117. The minimum atomic E-state index is -3.71. The number of amides is 1. The molecule has 0 bridgehead atoms. The normalized spacial score (nSPS) is 20.4. The van der Waals surface area contributed by atoms with E-state index in [1.165, 1.54) is 29.8 Å². The third-order valence-corrected chi connectivity index (χ3v) is 4.73. The van der Waals surface area contributed by atoms with Gasteiger partial charge in [0.15, 0.2) is 0 Å². The van der Waals surface area contributed by atoms with E-state index in [2.05, 4.69) is 5.32 Å². The third-order valence-electron chi connectivity index (χ3n) is 3.81. The van der Waals surface area contributed by atoms with E-state index < -0.39 is 10.0 Å². The highest BCUT2D eigenvalue weighted by Crippen LogP contribution is 2.47. The van der Waals surface area contributed by atoms with Crippen LogP contribution < -0.4 is 10.5 Å². The van der Waals surface area contributed by atoms with Gasteiger partial charge in [0.1, 0.15) is 0 Å². The largest absolute Gasteiger partial charge is 0.326 e. The van der Waals surface area contributed by atoms with Gasteiger partial charge >= 0.3 is 0 Å². The summed E-state index contributed by atoms with van der Waals surface area (Å²) in [5, 5.41) is 7.84. The van der Waals surface area contributed by atoms with Gasteiger partial charge in [0, 0.05) is 11.6 Å². The first-order valence-electron chi connectivity index (χ1n) is 6.94. The molecular formula is C16H16N2O3S. The molecule has 0 heterocycles. The van der Waals surface area contributed by atoms with Crippen molar-refractivity contribution >= 4 is 21.6 Å². The monoisotopic (exact) mass is 316 g/mol. The molecule has 2 aromatic rings. The Hall–Kier alpha value is -2.18. The fraction of sp³-hybridized carbons (Fsp3) is 0.188. The van der Waals surface area contributed by atoms with Crippen molar-refractivity contribution in [1.82, 2.24) is 0 Å². The molecule has 0 unspecified atom stereocenters. The highest BCUT2D eigenvalue weighted by molar-refractivity contribution is 7.89. The van der Waals surface area contributed by atoms with Crippen LogP contribution in [0, 0.1) is 5.92 Å². The van der Waals surface area contributed by atoms with Gasteiger partial charge in [0.05, 0.1) is 4.90 Å². The molecule has 0 aliphatic heterocycles. The Labute approximate surface area is 129 Å². The Kier molecular flexibility index (Phi) is 3.72. The summed E-state index contributed by atoms with van der Waals surface area (Å²) < 4.78 is 22.3. The number of rotatable bonds is 4. The zero-order valence-corrected chi connectivity index (χ0v) is 12.6. The molecule has 1 aliphatic rings. The molecule has 1 amide bonds. The predicted molar refractivity (Wildman–Crippen MR) is 83.7 cm³/mol. The van der Waals surface area contributed by atoms with Gasteiger partial charge in [-0.15, -0.1) is 0 Å². The maximum absolute atomic E-state index is 12.2. The molecule has 1 fully saturated rings. The van der Waals surface area contributed by atoms with Gasteiger partial charge in [-0.2, -0.15) is 0 Å². The van der Waals surface area contributed by atoms with Crippen LogP contribution >= 0.6 is 0 Å². The summed E-state index contributed by atoms with van der Waals surface area (Å²) in [5.74, 6) is 0.197. The molecule has 0 radical (unpaired) electrons. The van der Waals surface area contributed by atoms with Crippen LogP contribution in [0.5, 0.6) is 0 Å². The molecule has 22 heavy (non-hydrogen) atoms. The van der Waals surface area contributed by atoms with Gasteiger partial charge in [-0.25, -0.2) is 13.6 Å². The van der Waals surface area contributed by atoms with Crippen LogP contribution in [-0.4, -0.2) is 14.3 Å². The van der Waals surface area contributed by atoms with Crippen molar-refractivity contribution in [2.75, 3.05) is 5.32 Å². The smallest absolute Gasteiger partial charge is 0.238 e. The highest BCUT2D eigenvalue weighted by Gasteiger charge is 2.43. The molecule has 0 aromatic heterocycles. The molecule has 1 aliphatic carbocycles. The van der Waals surface area contributed by atoms with Crippen molar-refractivity contribution in [3.63, 3.8) is 0 Å². The molecule has 0 spiro atoms. The van der Waals surface area contributed by atoms with Crippen LogP contribution in [0.25, 0.3) is 0 Å². The summed E-state index contributed by atoms with van der Waals surface area (Å²) >= 11 is 0. The second-order valence-corrected chi connectivity index (χ2v) is 6.98. The number of hydrogen-bond acceptors (Lipinski definition) is 3. The second kappa shape index (κ2) is 5.55. The average Bonchev–Trinajstić information content (AvgIpc) is 3.28. The standard InChI is InChI=1S/C16H16N2O3S/c17-22(20,21)13-8-6-12(7-9-13)18-16(19)15-10-14(15)11-4-2-1-3-5-11/h1-9,14-15H,10H2,(H,18,19)(H2,17,20,21)/t14-,15-/m0/s1. The lowest BCUT2D eigenvalue weighted by atomic mass is 10.1. The van der Waals surface area contributed by atoms with E-state index in [0.717, 1.165) is 6.42 Å². The van der Waals surface area contributed by atoms with Gasteiger partial charge < -0.3 is 5.32 Å². The number of benzene rings is 2. The summed E-state index contributed by atoms with van der Waals surface area (Å²) in [4.78, 5) is 12.2. The van der Waals surface area contributed by atoms with E-state index in [-0.39, 0.29) is 22.6 Å². The Morgan fingerprint density at radius 1 is 1.05 bits per heavy atom. The van der Waals surface area contributed by atoms with E-state index in [9.17, 15) is 13.2 Å². The molecular weight excluding hydrogens is 300 g/mol. The summed E-state index contributed by atoms with van der Waals surface area (Å²) in [6.45, 7) is 0. The maximum atomic E-state index is 12.2. The minimum absolute atomic E-state index is 0.0269. The first-order chi connectivity index (χ1) is 10.4. The lowest BCUT2D eigenvalue weighted by Crippen LogP contribution is -2.15. The van der Waals surface area contributed by atoms with Crippen LogP contribution in [0.1, 0.15) is 17.9 Å². The van der Waals surface area contributed by atoms with Crippen LogP contribution in [0.2, 0.25) is 0 Å². The van der Waals surface area contributed by atoms with Crippen molar-refractivity contribution in [2.24, 2.45) is 11.1 Å². The fourth-order valence-electron chi connectivity index (χ4n) is 2.52. The number of anilines is 1. The lowest BCUT2D eigenvalue weighted by Gasteiger charge is -2.06. The molecule has 0 saturated heterocycles. The minimum Gasteiger partial charge on any atom is -0.326 e. The molecule has 5 nitrogen and oxygen atoms in total. The van der Waals surface area contributed by atoms with Gasteiger partial charge in [0.2, 0.25) is 15.9 Å². The molecule has 114 valence electrons. The van der Waals surface area contributed by atoms with Gasteiger partial charge in [-0.05, 0) is 42.2 Å². The average molecular weight is 316 g/mol. The Balaban J connectivity index is 1.64. The van der Waals surface area contributed by atoms with E-state index >= 15 is 0 Å². The van der Waals surface area contributed by atoms with E-state index in [4.69, 9.17) is 5.14 Å². The van der Waals surface area contributed by atoms with Crippen LogP contribution in [0.3, 0.4) is 0 Å². The van der Waals surface area contributed by atoms with E-state index in [1.807, 2.05) is 30.3 Å². The summed E-state index contributed by atoms with van der Waals surface area (Å²) in [5.41, 5.74) is 1.74. The highest BCUT2D eigenvalue weighted by atomic mass is 32.2. The number of sulfonamides is 1. The van der Waals surface area contributed by atoms with Crippen molar-refractivity contribution in [3.05, 3.63) is 60.2 Å². The van der Waals surface area contributed by atoms with Crippen molar-refractivity contribution < 1.29 is 13.2 Å². The number of nitrogens with two attached hydrogens (primary N) is 1. The van der Waals surface area contributed by atoms with Crippen LogP contribution in [0.4, 0.5) is 5.69 Å². The molecule has 1 saturated carbocycles. The molecule has 2 atom stereocenters. The SMILES string of the molecule is NS(=O)(=O)c1ccc(NC(=O)[C@H]2C[C@H]2c2ccccc2)cc1. The molecule has 3 rings (SSSR count). The molecule has 6 heteroatoms. The van der Waals surface area contributed by atoms with Gasteiger partial charge in [-0.3, -0.25) is 4.79 Å². The third kappa shape index (κ3) is 3.18. The quantitative estimate of drug-likeness (QED) is 0.905. The first-order valence-corrected chi connectivity index (χ1v) is 8.48. The topological polar surface area (TPSA) is 89.3 Å². The summed E-state index contributed by atoms with van der Waals surface area (Å²) in [7, 11) is -3.71. The number of carbonyl (C=O) groups excluding carboxylic acids is 1. The van der Waals surface area contributed by atoms with E-state index in [0.29, 0.717) is 5.69 Å². The van der Waals surface area contributed by atoms with Crippen LogP contribution in [0.15, 0.2) is 59.5 Å². The maximum Gasteiger partial charge on any atom is 0.238 e. The second-order valence-electron chi connectivity index (χ2n) is 5.42. The number of hydrogen-bond donors (Lipinski definition) is 2. The van der Waals surface area contributed by atoms with Crippen molar-refractivity contribution in [3.8, 4) is 0 Å².